The fraction of sp³-hybridized carbons (Fsp3) is 0.600. The number of nitro benzene ring substituents is 1. The fourth-order valence-corrected chi connectivity index (χ4v) is 3.46. The Bertz CT molecular complexity index is 561. The minimum Gasteiger partial charge on any atom is -0.380 e. The third-order valence-electron chi connectivity index (χ3n) is 3.98. The van der Waals surface area contributed by atoms with E-state index in [0.717, 1.165) is 25.3 Å². The number of anilines is 1. The van der Waals surface area contributed by atoms with Gasteiger partial charge in [-0.2, -0.15) is 4.39 Å². The summed E-state index contributed by atoms with van der Waals surface area (Å²) >= 11 is 0. The van der Waals surface area contributed by atoms with Crippen LogP contribution in [-0.4, -0.2) is 11.0 Å². The second kappa shape index (κ2) is 5.58. The molecule has 0 heterocycles. The maximum Gasteiger partial charge on any atom is 0.307 e. The number of nitro groups is 1. The van der Waals surface area contributed by atoms with Gasteiger partial charge in [0.25, 0.3) is 0 Å². The lowest BCUT2D eigenvalue weighted by Gasteiger charge is -2.39. The lowest BCUT2D eigenvalue weighted by atomic mass is 9.70. The molecular formula is C15H20F2N2O2. The number of rotatable bonds is 3. The summed E-state index contributed by atoms with van der Waals surface area (Å²) in [5, 5.41) is 13.8. The summed E-state index contributed by atoms with van der Waals surface area (Å²) in [6, 6.07) is 1.54. The Morgan fingerprint density at radius 1 is 1.29 bits per heavy atom. The molecule has 6 heteroatoms. The molecule has 0 saturated heterocycles. The first kappa shape index (κ1) is 15.7. The summed E-state index contributed by atoms with van der Waals surface area (Å²) < 4.78 is 27.1. The summed E-state index contributed by atoms with van der Waals surface area (Å²) in [6.45, 7) is 6.45. The van der Waals surface area contributed by atoms with Crippen LogP contribution < -0.4 is 5.32 Å². The van der Waals surface area contributed by atoms with Crippen LogP contribution in [0.25, 0.3) is 0 Å². The number of hydrogen-bond acceptors (Lipinski definition) is 3. The average Bonchev–Trinajstić information content (AvgIpc) is 2.29. The lowest BCUT2D eigenvalue weighted by Crippen LogP contribution is -2.35. The quantitative estimate of drug-likeness (QED) is 0.660. The molecule has 2 atom stereocenters. The molecule has 1 N–H and O–H groups in total. The van der Waals surface area contributed by atoms with Crippen LogP contribution in [0.4, 0.5) is 20.2 Å². The van der Waals surface area contributed by atoms with Gasteiger partial charge in [0.2, 0.25) is 5.82 Å². The van der Waals surface area contributed by atoms with E-state index < -0.39 is 22.2 Å². The van der Waals surface area contributed by atoms with Gasteiger partial charge in [-0.3, -0.25) is 10.1 Å². The average molecular weight is 298 g/mol. The smallest absolute Gasteiger partial charge is 0.307 e. The number of halogens is 2. The molecule has 2 unspecified atom stereocenters. The van der Waals surface area contributed by atoms with Crippen molar-refractivity contribution in [2.45, 2.75) is 46.1 Å². The molecule has 0 bridgehead atoms. The van der Waals surface area contributed by atoms with Crippen LogP contribution in [-0.2, 0) is 0 Å². The van der Waals surface area contributed by atoms with E-state index in [-0.39, 0.29) is 17.1 Å². The molecule has 0 radical (unpaired) electrons. The second-order valence-electron chi connectivity index (χ2n) is 6.80. The van der Waals surface area contributed by atoms with E-state index >= 15 is 0 Å². The number of hydrogen-bond donors (Lipinski definition) is 1. The van der Waals surface area contributed by atoms with Gasteiger partial charge in [0.05, 0.1) is 10.6 Å². The summed E-state index contributed by atoms with van der Waals surface area (Å²) in [4.78, 5) is 9.91. The molecule has 1 aliphatic carbocycles. The van der Waals surface area contributed by atoms with Gasteiger partial charge in [-0.05, 0) is 30.6 Å². The van der Waals surface area contributed by atoms with Crippen LogP contribution in [0, 0.1) is 33.1 Å². The highest BCUT2D eigenvalue weighted by molar-refractivity contribution is 5.53. The van der Waals surface area contributed by atoms with E-state index in [9.17, 15) is 18.9 Å². The highest BCUT2D eigenvalue weighted by Gasteiger charge is 2.32. The van der Waals surface area contributed by atoms with Gasteiger partial charge in [-0.15, -0.1) is 0 Å². The summed E-state index contributed by atoms with van der Waals surface area (Å²) in [5.41, 5.74) is -0.572. The monoisotopic (exact) mass is 298 g/mol. The normalized spacial score (nSPS) is 24.6. The molecule has 1 aliphatic rings. The molecule has 0 aromatic heterocycles. The van der Waals surface area contributed by atoms with Gasteiger partial charge in [0.15, 0.2) is 0 Å². The first-order valence-corrected chi connectivity index (χ1v) is 7.08. The summed E-state index contributed by atoms with van der Waals surface area (Å²) in [7, 11) is 0. The van der Waals surface area contributed by atoms with Gasteiger partial charge in [-0.1, -0.05) is 20.8 Å². The zero-order chi connectivity index (χ0) is 15.8. The molecule has 0 spiro atoms. The van der Waals surface area contributed by atoms with E-state index in [1.54, 1.807) is 0 Å². The maximum absolute atomic E-state index is 13.8. The third kappa shape index (κ3) is 3.68. The molecule has 1 aromatic rings. The predicted molar refractivity (Wildman–Crippen MR) is 77.2 cm³/mol. The first-order chi connectivity index (χ1) is 9.68. The molecular weight excluding hydrogens is 278 g/mol. The fourth-order valence-electron chi connectivity index (χ4n) is 3.46. The van der Waals surface area contributed by atoms with Crippen molar-refractivity contribution >= 4 is 11.4 Å². The van der Waals surface area contributed by atoms with Gasteiger partial charge in [0.1, 0.15) is 5.82 Å². The Balaban J connectivity index is 2.23. The van der Waals surface area contributed by atoms with Gasteiger partial charge < -0.3 is 5.32 Å². The molecule has 1 fully saturated rings. The van der Waals surface area contributed by atoms with E-state index in [1.165, 1.54) is 0 Å². The number of benzene rings is 1. The molecule has 21 heavy (non-hydrogen) atoms. The van der Waals surface area contributed by atoms with Gasteiger partial charge in [-0.25, -0.2) is 4.39 Å². The minimum atomic E-state index is -1.15. The highest BCUT2D eigenvalue weighted by Crippen LogP contribution is 2.40. The Morgan fingerprint density at radius 2 is 1.95 bits per heavy atom. The number of nitrogens with zero attached hydrogens (tertiary/aromatic N) is 1. The molecule has 2 rings (SSSR count). The summed E-state index contributed by atoms with van der Waals surface area (Å²) in [5.74, 6) is -1.46. The van der Waals surface area contributed by atoms with Crippen LogP contribution in [0.15, 0.2) is 12.1 Å². The van der Waals surface area contributed by atoms with Gasteiger partial charge >= 0.3 is 5.69 Å². The molecule has 0 amide bonds. The van der Waals surface area contributed by atoms with Crippen molar-refractivity contribution in [1.82, 2.24) is 0 Å². The van der Waals surface area contributed by atoms with Crippen LogP contribution in [0.2, 0.25) is 0 Å². The minimum absolute atomic E-state index is 0.00185. The maximum atomic E-state index is 13.8. The Labute approximate surface area is 122 Å². The predicted octanol–water partition coefficient (Wildman–Crippen LogP) is 4.50. The van der Waals surface area contributed by atoms with Crippen LogP contribution >= 0.6 is 0 Å². The van der Waals surface area contributed by atoms with E-state index in [2.05, 4.69) is 26.1 Å². The molecule has 1 saturated carbocycles. The largest absolute Gasteiger partial charge is 0.380 e. The van der Waals surface area contributed by atoms with Gasteiger partial charge in [0, 0.05) is 18.2 Å². The first-order valence-electron chi connectivity index (χ1n) is 7.08. The van der Waals surface area contributed by atoms with E-state index in [0.29, 0.717) is 12.0 Å². The van der Waals surface area contributed by atoms with Crippen molar-refractivity contribution in [3.8, 4) is 0 Å². The summed E-state index contributed by atoms with van der Waals surface area (Å²) in [6.07, 6.45) is 2.81. The molecule has 0 aliphatic heterocycles. The Kier molecular flexibility index (Phi) is 4.16. The SMILES string of the molecule is CC1CC(Nc2cc([N+](=O)[O-])c(F)cc2F)CC(C)(C)C1. The molecule has 116 valence electrons. The van der Waals surface area contributed by atoms with Crippen molar-refractivity contribution in [3.63, 3.8) is 0 Å². The Hall–Kier alpha value is -1.72. The standard InChI is InChI=1S/C15H20F2N2O2/c1-9-4-10(8-15(2,3)7-9)18-13-6-14(19(20)21)12(17)5-11(13)16/h5-6,9-10,18H,4,7-8H2,1-3H3. The zero-order valence-corrected chi connectivity index (χ0v) is 12.5. The van der Waals surface area contributed by atoms with E-state index in [4.69, 9.17) is 0 Å². The van der Waals surface area contributed by atoms with Crippen molar-refractivity contribution in [3.05, 3.63) is 33.9 Å². The third-order valence-corrected chi connectivity index (χ3v) is 3.98. The van der Waals surface area contributed by atoms with E-state index in [1.807, 2.05) is 0 Å². The second-order valence-corrected chi connectivity index (χ2v) is 6.80. The zero-order valence-electron chi connectivity index (χ0n) is 12.5. The topological polar surface area (TPSA) is 55.2 Å². The Morgan fingerprint density at radius 3 is 2.52 bits per heavy atom. The van der Waals surface area contributed by atoms with Crippen LogP contribution in [0.5, 0.6) is 0 Å². The number of nitrogens with one attached hydrogen (secondary N) is 1. The molecule has 4 nitrogen and oxygen atoms in total. The molecule has 1 aromatic carbocycles. The van der Waals surface area contributed by atoms with Crippen LogP contribution in [0.1, 0.15) is 40.0 Å². The highest BCUT2D eigenvalue weighted by atomic mass is 19.1. The van der Waals surface area contributed by atoms with Crippen molar-refractivity contribution in [2.75, 3.05) is 5.32 Å². The van der Waals surface area contributed by atoms with Crippen LogP contribution in [0.3, 0.4) is 0 Å². The van der Waals surface area contributed by atoms with Crippen molar-refractivity contribution in [2.24, 2.45) is 11.3 Å². The lowest BCUT2D eigenvalue weighted by molar-refractivity contribution is -0.387. The van der Waals surface area contributed by atoms with Crippen molar-refractivity contribution < 1.29 is 13.7 Å². The van der Waals surface area contributed by atoms with Crippen molar-refractivity contribution in [1.29, 1.82) is 0 Å².